The largest absolute Gasteiger partial charge is 0.493 e. The molecule has 31 heavy (non-hydrogen) atoms. The number of thioether (sulfide) groups is 1. The molecule has 1 saturated heterocycles. The first-order valence-corrected chi connectivity index (χ1v) is 11.9. The van der Waals surface area contributed by atoms with Crippen molar-refractivity contribution in [1.82, 2.24) is 4.90 Å². The summed E-state index contributed by atoms with van der Waals surface area (Å²) in [5.74, 6) is 1.05. The highest BCUT2D eigenvalue weighted by atomic mass is 79.9. The molecule has 0 atom stereocenters. The van der Waals surface area contributed by atoms with Crippen molar-refractivity contribution in [2.45, 2.75) is 20.5 Å². The van der Waals surface area contributed by atoms with Crippen LogP contribution in [-0.4, -0.2) is 36.2 Å². The maximum absolute atomic E-state index is 12.7. The molecule has 1 aliphatic heterocycles. The van der Waals surface area contributed by atoms with Gasteiger partial charge in [-0.05, 0) is 61.5 Å². The summed E-state index contributed by atoms with van der Waals surface area (Å²) in [6.45, 7) is 5.35. The van der Waals surface area contributed by atoms with E-state index in [0.717, 1.165) is 20.8 Å². The number of carbonyl (C=O) groups is 1. The first-order valence-electron chi connectivity index (χ1n) is 9.58. The molecule has 0 aromatic heterocycles. The lowest BCUT2D eigenvalue weighted by atomic mass is 10.1. The van der Waals surface area contributed by atoms with E-state index in [2.05, 4.69) is 20.9 Å². The summed E-state index contributed by atoms with van der Waals surface area (Å²) in [5.41, 5.74) is 1.61. The van der Waals surface area contributed by atoms with Gasteiger partial charge in [0.2, 0.25) is 0 Å². The normalized spacial score (nSPS) is 16.5. The molecule has 2 aromatic rings. The molecule has 0 unspecified atom stereocenters. The van der Waals surface area contributed by atoms with E-state index < -0.39 is 0 Å². The van der Waals surface area contributed by atoms with Gasteiger partial charge in [-0.15, -0.1) is 0 Å². The lowest BCUT2D eigenvalue weighted by Gasteiger charge is -2.14. The molecular weight excluding hydrogens is 523 g/mol. The molecule has 2 aromatic carbocycles. The Kier molecular flexibility index (Phi) is 8.33. The lowest BCUT2D eigenvalue weighted by Crippen LogP contribution is -2.28. The molecule has 1 fully saturated rings. The van der Waals surface area contributed by atoms with Crippen LogP contribution in [0.5, 0.6) is 11.5 Å². The average Bonchev–Trinajstić information content (AvgIpc) is 3.03. The number of hydrogen-bond donors (Lipinski definition) is 0. The number of likely N-dealkylation sites (N-methyl/N-ethyl adjacent to an activating group) is 1. The average molecular weight is 544 g/mol. The summed E-state index contributed by atoms with van der Waals surface area (Å²) in [4.78, 5) is 19.4. The monoisotopic (exact) mass is 542 g/mol. The molecule has 0 aliphatic carbocycles. The quantitative estimate of drug-likeness (QED) is 0.366. The zero-order valence-electron chi connectivity index (χ0n) is 17.2. The van der Waals surface area contributed by atoms with E-state index in [1.165, 1.54) is 11.8 Å². The maximum atomic E-state index is 12.7. The van der Waals surface area contributed by atoms with Crippen LogP contribution in [0.2, 0.25) is 10.0 Å². The second-order valence-corrected chi connectivity index (χ2v) is 9.17. The van der Waals surface area contributed by atoms with Crippen LogP contribution in [0.4, 0.5) is 0 Å². The summed E-state index contributed by atoms with van der Waals surface area (Å²) < 4.78 is 12.2. The van der Waals surface area contributed by atoms with Crippen molar-refractivity contribution < 1.29 is 14.3 Å². The van der Waals surface area contributed by atoms with Gasteiger partial charge in [0.25, 0.3) is 5.91 Å². The van der Waals surface area contributed by atoms with Gasteiger partial charge in [0.15, 0.2) is 16.7 Å². The highest BCUT2D eigenvalue weighted by Crippen LogP contribution is 2.38. The molecule has 0 N–H and O–H groups in total. The SMILES string of the molecule is CCN=C1S/C(=C\c2cc(OC)c(OCc3ccc(Cl)cc3Cl)cc2Br)C(=O)N1CC. The van der Waals surface area contributed by atoms with Crippen LogP contribution in [0, 0.1) is 0 Å². The Morgan fingerprint density at radius 3 is 2.61 bits per heavy atom. The lowest BCUT2D eigenvalue weighted by molar-refractivity contribution is -0.122. The Labute approximate surface area is 204 Å². The number of halogens is 3. The Balaban J connectivity index is 1.86. The topological polar surface area (TPSA) is 51.1 Å². The van der Waals surface area contributed by atoms with Gasteiger partial charge >= 0.3 is 0 Å². The Bertz CT molecular complexity index is 1060. The zero-order valence-corrected chi connectivity index (χ0v) is 21.2. The van der Waals surface area contributed by atoms with Crippen LogP contribution in [0.3, 0.4) is 0 Å². The molecule has 1 heterocycles. The van der Waals surface area contributed by atoms with E-state index in [1.807, 2.05) is 38.1 Å². The van der Waals surface area contributed by atoms with E-state index in [1.54, 1.807) is 24.1 Å². The van der Waals surface area contributed by atoms with Gasteiger partial charge in [0.1, 0.15) is 6.61 Å². The van der Waals surface area contributed by atoms with E-state index >= 15 is 0 Å². The summed E-state index contributed by atoms with van der Waals surface area (Å²) in [6, 6.07) is 8.91. The number of amidine groups is 1. The molecule has 0 radical (unpaired) electrons. The van der Waals surface area contributed by atoms with Gasteiger partial charge in [-0.1, -0.05) is 45.2 Å². The minimum absolute atomic E-state index is 0.0525. The number of aliphatic imine (C=N–C) groups is 1. The van der Waals surface area contributed by atoms with Crippen LogP contribution < -0.4 is 9.47 Å². The first-order chi connectivity index (χ1) is 14.9. The molecule has 9 heteroatoms. The van der Waals surface area contributed by atoms with Crippen molar-refractivity contribution in [3.8, 4) is 11.5 Å². The standard InChI is InChI=1S/C22H21BrCl2N2O3S/c1-4-26-22-27(5-2)21(28)20(31-22)9-14-8-18(29-3)19(11-16(14)23)30-12-13-6-7-15(24)10-17(13)25/h6-11H,4-5,12H2,1-3H3/b20-9-,26-22?. The molecule has 3 rings (SSSR count). The van der Waals surface area contributed by atoms with Crippen LogP contribution in [-0.2, 0) is 11.4 Å². The number of methoxy groups -OCH3 is 1. The molecular formula is C22H21BrCl2N2O3S. The number of benzene rings is 2. The fourth-order valence-corrected chi connectivity index (χ4v) is 4.91. The van der Waals surface area contributed by atoms with Crippen LogP contribution in [0.1, 0.15) is 25.0 Å². The minimum Gasteiger partial charge on any atom is -0.493 e. The predicted molar refractivity (Wildman–Crippen MR) is 132 cm³/mol. The predicted octanol–water partition coefficient (Wildman–Crippen LogP) is 6.66. The third-order valence-electron chi connectivity index (χ3n) is 4.47. The van der Waals surface area contributed by atoms with Gasteiger partial charge in [-0.3, -0.25) is 14.7 Å². The second kappa shape index (κ2) is 10.8. The van der Waals surface area contributed by atoms with Gasteiger partial charge in [0.05, 0.1) is 12.0 Å². The number of rotatable bonds is 7. The number of carbonyl (C=O) groups excluding carboxylic acids is 1. The van der Waals surface area contributed by atoms with Crippen molar-refractivity contribution in [3.63, 3.8) is 0 Å². The number of amides is 1. The summed E-state index contributed by atoms with van der Waals surface area (Å²) in [6.07, 6.45) is 1.83. The smallest absolute Gasteiger partial charge is 0.266 e. The Hall–Kier alpha value is -1.67. The number of nitrogens with zero attached hydrogens (tertiary/aromatic N) is 2. The molecule has 0 bridgehead atoms. The summed E-state index contributed by atoms with van der Waals surface area (Å²) in [5, 5.41) is 1.83. The number of hydrogen-bond acceptors (Lipinski definition) is 5. The van der Waals surface area contributed by atoms with Gasteiger partial charge in [-0.25, -0.2) is 0 Å². The number of ether oxygens (including phenoxy) is 2. The molecule has 0 saturated carbocycles. The van der Waals surface area contributed by atoms with E-state index in [4.69, 9.17) is 32.7 Å². The summed E-state index contributed by atoms with van der Waals surface area (Å²) >= 11 is 17.1. The van der Waals surface area contributed by atoms with Gasteiger partial charge in [0, 0.05) is 33.2 Å². The molecule has 0 spiro atoms. The van der Waals surface area contributed by atoms with Crippen molar-refractivity contribution in [3.05, 3.63) is 60.9 Å². The molecule has 1 amide bonds. The maximum Gasteiger partial charge on any atom is 0.266 e. The van der Waals surface area contributed by atoms with Crippen molar-refractivity contribution in [1.29, 1.82) is 0 Å². The van der Waals surface area contributed by atoms with E-state index in [0.29, 0.717) is 39.5 Å². The summed E-state index contributed by atoms with van der Waals surface area (Å²) in [7, 11) is 1.57. The van der Waals surface area contributed by atoms with Crippen LogP contribution >= 0.6 is 50.9 Å². The molecule has 164 valence electrons. The van der Waals surface area contributed by atoms with Crippen molar-refractivity contribution >= 4 is 68.0 Å². The fraction of sp³-hybridized carbons (Fsp3) is 0.273. The fourth-order valence-electron chi connectivity index (χ4n) is 2.91. The van der Waals surface area contributed by atoms with E-state index in [9.17, 15) is 4.79 Å². The Morgan fingerprint density at radius 2 is 1.97 bits per heavy atom. The van der Waals surface area contributed by atoms with Crippen LogP contribution in [0.15, 0.2) is 44.7 Å². The second-order valence-electron chi connectivity index (χ2n) is 6.47. The highest BCUT2D eigenvalue weighted by molar-refractivity contribution is 9.10. The van der Waals surface area contributed by atoms with E-state index in [-0.39, 0.29) is 12.5 Å². The Morgan fingerprint density at radius 1 is 1.19 bits per heavy atom. The zero-order chi connectivity index (χ0) is 22.5. The van der Waals surface area contributed by atoms with Crippen molar-refractivity contribution in [2.24, 2.45) is 4.99 Å². The van der Waals surface area contributed by atoms with Crippen LogP contribution in [0.25, 0.3) is 6.08 Å². The third kappa shape index (κ3) is 5.58. The minimum atomic E-state index is -0.0525. The van der Waals surface area contributed by atoms with Gasteiger partial charge < -0.3 is 9.47 Å². The molecule has 1 aliphatic rings. The first kappa shape index (κ1) is 24.0. The van der Waals surface area contributed by atoms with Crippen molar-refractivity contribution in [2.75, 3.05) is 20.2 Å². The van der Waals surface area contributed by atoms with Gasteiger partial charge in [-0.2, -0.15) is 0 Å². The highest BCUT2D eigenvalue weighted by Gasteiger charge is 2.32. The third-order valence-corrected chi connectivity index (χ3v) is 6.78. The molecule has 5 nitrogen and oxygen atoms in total.